The van der Waals surface area contributed by atoms with Gasteiger partial charge in [0.25, 0.3) is 5.91 Å². The number of hydrogen-bond acceptors (Lipinski definition) is 6. The van der Waals surface area contributed by atoms with Crippen molar-refractivity contribution in [3.8, 4) is 17.3 Å². The van der Waals surface area contributed by atoms with Gasteiger partial charge in [-0.1, -0.05) is 11.6 Å². The molecule has 0 N–H and O–H groups in total. The number of hydrogen-bond donors (Lipinski definition) is 0. The fraction of sp³-hybridized carbons (Fsp3) is 0.348. The molecule has 0 aromatic carbocycles. The normalized spacial score (nSPS) is 22.0. The molecule has 8 heteroatoms. The number of likely N-dealkylation sites (tertiary alicyclic amines) is 1. The number of halogens is 1. The lowest BCUT2D eigenvalue weighted by molar-refractivity contribution is 0.0503. The Kier molecular flexibility index (Phi) is 5.28. The molecule has 0 spiro atoms. The first kappa shape index (κ1) is 19.9. The molecule has 0 radical (unpaired) electrons. The van der Waals surface area contributed by atoms with Crippen molar-refractivity contribution < 1.29 is 9.53 Å². The molecule has 1 aliphatic heterocycles. The third-order valence-corrected chi connectivity index (χ3v) is 6.17. The second-order valence-electron chi connectivity index (χ2n) is 8.15. The van der Waals surface area contributed by atoms with Crippen LogP contribution in [0, 0.1) is 18.8 Å². The predicted octanol–water partition coefficient (Wildman–Crippen LogP) is 3.83. The van der Waals surface area contributed by atoms with Gasteiger partial charge in [0.05, 0.1) is 16.6 Å². The molecular weight excluding hydrogens is 414 g/mol. The maximum atomic E-state index is 13.7. The number of rotatable bonds is 5. The first-order valence-electron chi connectivity index (χ1n) is 10.4. The Morgan fingerprint density at radius 2 is 1.97 bits per heavy atom. The predicted molar refractivity (Wildman–Crippen MR) is 116 cm³/mol. The number of piperidine rings is 1. The summed E-state index contributed by atoms with van der Waals surface area (Å²) in [4.78, 5) is 33.0. The Labute approximate surface area is 185 Å². The quantitative estimate of drug-likeness (QED) is 0.606. The summed E-state index contributed by atoms with van der Waals surface area (Å²) in [7, 11) is 0. The second-order valence-corrected chi connectivity index (χ2v) is 8.59. The van der Waals surface area contributed by atoms with Crippen molar-refractivity contribution >= 4 is 17.5 Å². The number of aromatic nitrogens is 4. The number of fused-ring (bicyclic) bond motifs is 1. The topological polar surface area (TPSA) is 81.1 Å². The summed E-state index contributed by atoms with van der Waals surface area (Å²) in [5, 5.41) is 0.559. The van der Waals surface area contributed by atoms with E-state index in [-0.39, 0.29) is 11.9 Å². The molecule has 2 aliphatic rings. The summed E-state index contributed by atoms with van der Waals surface area (Å²) in [5.74, 6) is 2.13. The molecule has 2 fully saturated rings. The molecule has 3 aromatic rings. The summed E-state index contributed by atoms with van der Waals surface area (Å²) in [5.41, 5.74) is 1.82. The van der Waals surface area contributed by atoms with Crippen molar-refractivity contribution in [2.75, 3.05) is 13.2 Å². The van der Waals surface area contributed by atoms with Crippen LogP contribution in [0.3, 0.4) is 0 Å². The highest BCUT2D eigenvalue weighted by Crippen LogP contribution is 2.47. The van der Waals surface area contributed by atoms with Crippen LogP contribution in [0.5, 0.6) is 5.88 Å². The van der Waals surface area contributed by atoms with Crippen LogP contribution in [0.2, 0.25) is 5.02 Å². The minimum Gasteiger partial charge on any atom is -0.475 e. The van der Waals surface area contributed by atoms with E-state index in [1.807, 2.05) is 24.0 Å². The van der Waals surface area contributed by atoms with E-state index in [1.165, 1.54) is 0 Å². The van der Waals surface area contributed by atoms with Crippen molar-refractivity contribution in [3.05, 3.63) is 65.3 Å². The molecule has 1 amide bonds. The van der Waals surface area contributed by atoms with Gasteiger partial charge < -0.3 is 9.64 Å². The van der Waals surface area contributed by atoms with Gasteiger partial charge in [-0.25, -0.2) is 19.9 Å². The monoisotopic (exact) mass is 435 g/mol. The first-order chi connectivity index (χ1) is 15.1. The van der Waals surface area contributed by atoms with Crippen molar-refractivity contribution in [2.45, 2.75) is 25.8 Å². The standard InChI is InChI=1S/C23H22ClN5O2/c1-14-3-5-19(22-25-7-2-8-26-22)21(28-14)23(30)29-12-16-9-15(16)10-18(29)13-31-20-6-4-17(24)11-27-20/h2-8,11,15-16,18H,9-10,12-13H2,1H3/t15-,16+,18+/m1/s1. The maximum absolute atomic E-state index is 13.7. The van der Waals surface area contributed by atoms with Crippen LogP contribution in [0.4, 0.5) is 0 Å². The van der Waals surface area contributed by atoms with E-state index < -0.39 is 0 Å². The van der Waals surface area contributed by atoms with Crippen LogP contribution in [0.1, 0.15) is 29.0 Å². The van der Waals surface area contributed by atoms with Gasteiger partial charge in [0, 0.05) is 36.9 Å². The fourth-order valence-electron chi connectivity index (χ4n) is 4.21. The van der Waals surface area contributed by atoms with Crippen LogP contribution in [-0.4, -0.2) is 49.9 Å². The Morgan fingerprint density at radius 1 is 1.13 bits per heavy atom. The molecule has 1 saturated heterocycles. The Bertz CT molecular complexity index is 1090. The minimum absolute atomic E-state index is 0.0411. The van der Waals surface area contributed by atoms with Gasteiger partial charge in [-0.2, -0.15) is 0 Å². The van der Waals surface area contributed by atoms with Gasteiger partial charge in [-0.05, 0) is 55.9 Å². The lowest BCUT2D eigenvalue weighted by Crippen LogP contribution is -2.48. The molecule has 3 aromatic heterocycles. The zero-order valence-corrected chi connectivity index (χ0v) is 17.9. The zero-order valence-electron chi connectivity index (χ0n) is 17.1. The average Bonchev–Trinajstić information content (AvgIpc) is 3.56. The SMILES string of the molecule is Cc1ccc(-c2ncccn2)c(C(=O)N2C[C@@H]3C[C@@H]3C[C@H]2COc2ccc(Cl)cn2)n1. The minimum atomic E-state index is -0.103. The number of nitrogens with zero attached hydrogens (tertiary/aromatic N) is 5. The van der Waals surface area contributed by atoms with E-state index in [1.54, 1.807) is 36.8 Å². The smallest absolute Gasteiger partial charge is 0.273 e. The number of carbonyl (C=O) groups excluding carboxylic acids is 1. The molecule has 4 heterocycles. The largest absolute Gasteiger partial charge is 0.475 e. The van der Waals surface area contributed by atoms with E-state index in [4.69, 9.17) is 16.3 Å². The molecule has 158 valence electrons. The molecule has 1 aliphatic carbocycles. The number of pyridine rings is 2. The molecule has 0 bridgehead atoms. The summed E-state index contributed by atoms with van der Waals surface area (Å²) < 4.78 is 5.91. The van der Waals surface area contributed by atoms with Crippen LogP contribution in [0.15, 0.2) is 48.9 Å². The average molecular weight is 436 g/mol. The summed E-state index contributed by atoms with van der Waals surface area (Å²) in [6.45, 7) is 2.98. The number of ether oxygens (including phenoxy) is 1. The van der Waals surface area contributed by atoms with E-state index in [0.29, 0.717) is 46.4 Å². The van der Waals surface area contributed by atoms with Gasteiger partial charge in [0.2, 0.25) is 5.88 Å². The molecule has 7 nitrogen and oxygen atoms in total. The van der Waals surface area contributed by atoms with Crippen molar-refractivity contribution in [3.63, 3.8) is 0 Å². The third kappa shape index (κ3) is 4.23. The third-order valence-electron chi connectivity index (χ3n) is 5.94. The molecule has 5 rings (SSSR count). The van der Waals surface area contributed by atoms with Crippen molar-refractivity contribution in [2.24, 2.45) is 11.8 Å². The molecule has 31 heavy (non-hydrogen) atoms. The van der Waals surface area contributed by atoms with Gasteiger partial charge in [-0.3, -0.25) is 4.79 Å². The Morgan fingerprint density at radius 3 is 2.74 bits per heavy atom. The molecule has 3 atom stereocenters. The molecular formula is C23H22ClN5O2. The summed E-state index contributed by atoms with van der Waals surface area (Å²) >= 11 is 5.91. The second kappa shape index (κ2) is 8.23. The van der Waals surface area contributed by atoms with Crippen molar-refractivity contribution in [1.29, 1.82) is 0 Å². The van der Waals surface area contributed by atoms with Crippen LogP contribution < -0.4 is 4.74 Å². The molecule has 0 unspecified atom stereocenters. The maximum Gasteiger partial charge on any atom is 0.273 e. The lowest BCUT2D eigenvalue weighted by Gasteiger charge is -2.35. The van der Waals surface area contributed by atoms with Gasteiger partial charge in [0.1, 0.15) is 12.3 Å². The Balaban J connectivity index is 1.41. The number of amides is 1. The summed E-state index contributed by atoms with van der Waals surface area (Å²) in [6, 6.07) is 8.95. The van der Waals surface area contributed by atoms with Gasteiger partial charge in [0.15, 0.2) is 5.82 Å². The fourth-order valence-corrected chi connectivity index (χ4v) is 4.32. The highest BCUT2D eigenvalue weighted by molar-refractivity contribution is 6.30. The first-order valence-corrected chi connectivity index (χ1v) is 10.8. The van der Waals surface area contributed by atoms with Crippen LogP contribution in [-0.2, 0) is 0 Å². The Hall–Kier alpha value is -3.06. The highest BCUT2D eigenvalue weighted by atomic mass is 35.5. The summed E-state index contributed by atoms with van der Waals surface area (Å²) in [6.07, 6.45) is 6.98. The van der Waals surface area contributed by atoms with Crippen molar-refractivity contribution in [1.82, 2.24) is 24.8 Å². The zero-order chi connectivity index (χ0) is 21.4. The van der Waals surface area contributed by atoms with Gasteiger partial charge >= 0.3 is 0 Å². The highest BCUT2D eigenvalue weighted by Gasteiger charge is 2.47. The van der Waals surface area contributed by atoms with Gasteiger partial charge in [-0.15, -0.1) is 0 Å². The number of aryl methyl sites for hydroxylation is 1. The van der Waals surface area contributed by atoms with Crippen LogP contribution >= 0.6 is 11.6 Å². The van der Waals surface area contributed by atoms with Crippen LogP contribution in [0.25, 0.3) is 11.4 Å². The lowest BCUT2D eigenvalue weighted by atomic mass is 10.0. The van der Waals surface area contributed by atoms with E-state index in [2.05, 4.69) is 19.9 Å². The number of carbonyl (C=O) groups is 1. The van der Waals surface area contributed by atoms with E-state index >= 15 is 0 Å². The molecule has 1 saturated carbocycles. The van der Waals surface area contributed by atoms with E-state index in [0.717, 1.165) is 25.1 Å². The van der Waals surface area contributed by atoms with E-state index in [9.17, 15) is 4.79 Å².